The Hall–Kier alpha value is -2.24. The van der Waals surface area contributed by atoms with Gasteiger partial charge in [0.2, 0.25) is 5.95 Å². The van der Waals surface area contributed by atoms with Gasteiger partial charge in [-0.1, -0.05) is 6.07 Å². The Morgan fingerprint density at radius 2 is 1.94 bits per heavy atom. The third-order valence-electron chi connectivity index (χ3n) is 2.29. The molecule has 18 heavy (non-hydrogen) atoms. The summed E-state index contributed by atoms with van der Waals surface area (Å²) in [5.74, 6) is -1.02. The van der Waals surface area contributed by atoms with Crippen molar-refractivity contribution in [1.82, 2.24) is 9.97 Å². The Balaban J connectivity index is 2.34. The molecule has 4 nitrogen and oxygen atoms in total. The van der Waals surface area contributed by atoms with Gasteiger partial charge in [0.05, 0.1) is 5.69 Å². The number of rotatable bonds is 3. The second-order valence-electron chi connectivity index (χ2n) is 3.69. The van der Waals surface area contributed by atoms with E-state index in [2.05, 4.69) is 20.6 Å². The molecule has 0 atom stereocenters. The largest absolute Gasteiger partial charge is 0.357 e. The van der Waals surface area contributed by atoms with Crippen LogP contribution in [0.1, 0.15) is 5.69 Å². The van der Waals surface area contributed by atoms with E-state index in [0.717, 1.165) is 6.07 Å². The highest BCUT2D eigenvalue weighted by atomic mass is 19.2. The molecule has 6 heteroatoms. The van der Waals surface area contributed by atoms with Gasteiger partial charge in [-0.15, -0.1) is 0 Å². The first kappa shape index (κ1) is 12.2. The van der Waals surface area contributed by atoms with Gasteiger partial charge in [0.15, 0.2) is 11.6 Å². The van der Waals surface area contributed by atoms with Crippen LogP contribution in [0, 0.1) is 18.6 Å². The zero-order valence-electron chi connectivity index (χ0n) is 9.96. The predicted octanol–water partition coefficient (Wildman–Crippen LogP) is 2.85. The number of nitrogens with one attached hydrogen (secondary N) is 2. The summed E-state index contributed by atoms with van der Waals surface area (Å²) in [4.78, 5) is 8.20. The van der Waals surface area contributed by atoms with Crippen molar-refractivity contribution >= 4 is 17.5 Å². The monoisotopic (exact) mass is 250 g/mol. The fraction of sp³-hybridized carbons (Fsp3) is 0.167. The van der Waals surface area contributed by atoms with E-state index in [1.165, 1.54) is 12.1 Å². The number of anilines is 3. The van der Waals surface area contributed by atoms with Crippen LogP contribution in [0.15, 0.2) is 24.3 Å². The highest BCUT2D eigenvalue weighted by molar-refractivity contribution is 5.58. The molecule has 2 aromatic rings. The topological polar surface area (TPSA) is 49.8 Å². The van der Waals surface area contributed by atoms with Gasteiger partial charge in [0.25, 0.3) is 0 Å². The maximum Gasteiger partial charge on any atom is 0.224 e. The van der Waals surface area contributed by atoms with E-state index in [1.807, 2.05) is 0 Å². The molecule has 94 valence electrons. The van der Waals surface area contributed by atoms with Crippen LogP contribution in [-0.4, -0.2) is 17.0 Å². The molecular formula is C12H12F2N4. The number of hydrogen-bond acceptors (Lipinski definition) is 4. The van der Waals surface area contributed by atoms with E-state index in [1.54, 1.807) is 20.0 Å². The standard InChI is InChI=1S/C12H12F2N4/c1-7-6-10(18-12(15-2)16-7)17-9-5-3-4-8(13)11(9)14/h3-6H,1-2H3,(H2,15,16,17,18). The summed E-state index contributed by atoms with van der Waals surface area (Å²) in [7, 11) is 1.68. The molecule has 0 aliphatic heterocycles. The van der Waals surface area contributed by atoms with Crippen LogP contribution in [0.2, 0.25) is 0 Å². The lowest BCUT2D eigenvalue weighted by Crippen LogP contribution is -2.03. The van der Waals surface area contributed by atoms with Crippen LogP contribution >= 0.6 is 0 Å². The van der Waals surface area contributed by atoms with Crippen LogP contribution in [0.3, 0.4) is 0 Å². The lowest BCUT2D eigenvalue weighted by atomic mass is 10.3. The molecule has 1 aromatic heterocycles. The van der Waals surface area contributed by atoms with E-state index in [-0.39, 0.29) is 5.69 Å². The van der Waals surface area contributed by atoms with Crippen molar-refractivity contribution < 1.29 is 8.78 Å². The Morgan fingerprint density at radius 3 is 2.67 bits per heavy atom. The van der Waals surface area contributed by atoms with E-state index >= 15 is 0 Å². The number of nitrogens with zero attached hydrogens (tertiary/aromatic N) is 2. The lowest BCUT2D eigenvalue weighted by molar-refractivity contribution is 0.511. The average molecular weight is 250 g/mol. The SMILES string of the molecule is CNc1nc(C)cc(Nc2cccc(F)c2F)n1. The fourth-order valence-corrected chi connectivity index (χ4v) is 1.48. The molecule has 0 bridgehead atoms. The van der Waals surface area contributed by atoms with Gasteiger partial charge in [0.1, 0.15) is 5.82 Å². The molecule has 0 unspecified atom stereocenters. The minimum Gasteiger partial charge on any atom is -0.357 e. The third-order valence-corrected chi connectivity index (χ3v) is 2.29. The summed E-state index contributed by atoms with van der Waals surface area (Å²) >= 11 is 0. The van der Waals surface area contributed by atoms with Crippen molar-refractivity contribution in [3.8, 4) is 0 Å². The Labute approximate surface area is 103 Å². The minimum atomic E-state index is -0.931. The maximum atomic E-state index is 13.5. The van der Waals surface area contributed by atoms with Crippen LogP contribution in [0.25, 0.3) is 0 Å². The highest BCUT2D eigenvalue weighted by Gasteiger charge is 2.09. The molecule has 0 aliphatic carbocycles. The first-order valence-electron chi connectivity index (χ1n) is 5.34. The van der Waals surface area contributed by atoms with Crippen molar-refractivity contribution in [3.05, 3.63) is 41.6 Å². The van der Waals surface area contributed by atoms with Crippen molar-refractivity contribution in [2.24, 2.45) is 0 Å². The van der Waals surface area contributed by atoms with E-state index in [9.17, 15) is 8.78 Å². The molecule has 0 aliphatic rings. The number of aromatic nitrogens is 2. The molecule has 0 amide bonds. The van der Waals surface area contributed by atoms with Crippen molar-refractivity contribution in [2.45, 2.75) is 6.92 Å². The van der Waals surface area contributed by atoms with Crippen LogP contribution in [0.5, 0.6) is 0 Å². The number of halogens is 2. The molecule has 1 aromatic carbocycles. The van der Waals surface area contributed by atoms with Crippen molar-refractivity contribution in [2.75, 3.05) is 17.7 Å². The van der Waals surface area contributed by atoms with E-state index in [4.69, 9.17) is 0 Å². The molecule has 0 fully saturated rings. The van der Waals surface area contributed by atoms with Gasteiger partial charge >= 0.3 is 0 Å². The van der Waals surface area contributed by atoms with Crippen molar-refractivity contribution in [3.63, 3.8) is 0 Å². The Kier molecular flexibility index (Phi) is 3.36. The zero-order valence-corrected chi connectivity index (χ0v) is 9.96. The summed E-state index contributed by atoms with van der Waals surface area (Å²) in [6.45, 7) is 1.79. The van der Waals surface area contributed by atoms with Gasteiger partial charge in [-0.25, -0.2) is 13.8 Å². The average Bonchev–Trinajstić information content (AvgIpc) is 2.34. The summed E-state index contributed by atoms with van der Waals surface area (Å²) < 4.78 is 26.5. The fourth-order valence-electron chi connectivity index (χ4n) is 1.48. The molecular weight excluding hydrogens is 238 g/mol. The highest BCUT2D eigenvalue weighted by Crippen LogP contribution is 2.21. The Bertz CT molecular complexity index is 572. The third kappa shape index (κ3) is 2.53. The lowest BCUT2D eigenvalue weighted by Gasteiger charge is -2.09. The van der Waals surface area contributed by atoms with E-state index < -0.39 is 11.6 Å². The molecule has 0 saturated heterocycles. The predicted molar refractivity (Wildman–Crippen MR) is 66.0 cm³/mol. The van der Waals surface area contributed by atoms with Crippen LogP contribution in [0.4, 0.5) is 26.2 Å². The molecule has 2 N–H and O–H groups in total. The van der Waals surface area contributed by atoms with Gasteiger partial charge in [-0.3, -0.25) is 0 Å². The first-order valence-corrected chi connectivity index (χ1v) is 5.34. The Morgan fingerprint density at radius 1 is 1.17 bits per heavy atom. The molecule has 0 radical (unpaired) electrons. The number of aryl methyl sites for hydroxylation is 1. The molecule has 2 rings (SSSR count). The molecule has 0 spiro atoms. The first-order chi connectivity index (χ1) is 8.60. The second-order valence-corrected chi connectivity index (χ2v) is 3.69. The minimum absolute atomic E-state index is 0.0372. The summed E-state index contributed by atoms with van der Waals surface area (Å²) in [6, 6.07) is 5.57. The maximum absolute atomic E-state index is 13.5. The molecule has 0 saturated carbocycles. The van der Waals surface area contributed by atoms with Crippen molar-refractivity contribution in [1.29, 1.82) is 0 Å². The van der Waals surface area contributed by atoms with Crippen LogP contribution < -0.4 is 10.6 Å². The summed E-state index contributed by atoms with van der Waals surface area (Å²) in [5, 5.41) is 5.51. The second kappa shape index (κ2) is 4.95. The number of hydrogen-bond donors (Lipinski definition) is 2. The molecule has 1 heterocycles. The summed E-state index contributed by atoms with van der Waals surface area (Å²) in [5.41, 5.74) is 0.754. The smallest absolute Gasteiger partial charge is 0.224 e. The van der Waals surface area contributed by atoms with Gasteiger partial charge in [-0.05, 0) is 19.1 Å². The summed E-state index contributed by atoms with van der Waals surface area (Å²) in [6.07, 6.45) is 0. The zero-order chi connectivity index (χ0) is 13.1. The quantitative estimate of drug-likeness (QED) is 0.879. The number of benzene rings is 1. The van der Waals surface area contributed by atoms with Gasteiger partial charge < -0.3 is 10.6 Å². The van der Waals surface area contributed by atoms with E-state index in [0.29, 0.717) is 17.5 Å². The van der Waals surface area contributed by atoms with Gasteiger partial charge in [-0.2, -0.15) is 4.98 Å². The van der Waals surface area contributed by atoms with Gasteiger partial charge in [0, 0.05) is 18.8 Å². The normalized spacial score (nSPS) is 10.2. The van der Waals surface area contributed by atoms with Crippen LogP contribution in [-0.2, 0) is 0 Å².